The van der Waals surface area contributed by atoms with Crippen molar-refractivity contribution in [2.24, 2.45) is 0 Å². The minimum atomic E-state index is -0.911. The van der Waals surface area contributed by atoms with E-state index < -0.39 is 24.2 Å². The summed E-state index contributed by atoms with van der Waals surface area (Å²) in [7, 11) is 7.92. The highest BCUT2D eigenvalue weighted by Crippen LogP contribution is 2.59. The van der Waals surface area contributed by atoms with E-state index in [-0.39, 0.29) is 49.6 Å². The van der Waals surface area contributed by atoms with E-state index in [1.807, 2.05) is 97.9 Å². The number of nitrogens with one attached hydrogen (secondary N) is 1. The molecule has 12 heteroatoms. The van der Waals surface area contributed by atoms with Crippen molar-refractivity contribution in [3.63, 3.8) is 0 Å². The molecule has 4 atom stereocenters. The fourth-order valence-electron chi connectivity index (χ4n) is 8.81. The summed E-state index contributed by atoms with van der Waals surface area (Å²) < 4.78 is 37.0. The molecule has 12 nitrogen and oxygen atoms in total. The van der Waals surface area contributed by atoms with Crippen LogP contribution in [0.3, 0.4) is 0 Å². The fraction of sp³-hybridized carbons (Fsp3) is 0.333. The van der Waals surface area contributed by atoms with Gasteiger partial charge >= 0.3 is 0 Å². The normalized spacial score (nSPS) is 17.2. The molecular formula is C48H53N3O9. The molecule has 0 saturated carbocycles. The average Bonchev–Trinajstić information content (AvgIpc) is 3.27. The molecule has 0 spiro atoms. The molecule has 0 radical (unpaired) electrons. The van der Waals surface area contributed by atoms with Crippen LogP contribution in [-0.2, 0) is 40.5 Å². The van der Waals surface area contributed by atoms with E-state index in [4.69, 9.17) is 28.4 Å². The summed E-state index contributed by atoms with van der Waals surface area (Å²) >= 11 is 0. The Kier molecular flexibility index (Phi) is 12.8. The van der Waals surface area contributed by atoms with Gasteiger partial charge < -0.3 is 48.6 Å². The Bertz CT molecular complexity index is 2310. The molecule has 2 amide bonds. The number of methoxy groups -OCH3 is 4. The molecule has 314 valence electrons. The van der Waals surface area contributed by atoms with E-state index in [2.05, 4.69) is 5.32 Å². The lowest BCUT2D eigenvalue weighted by Crippen LogP contribution is -2.70. The van der Waals surface area contributed by atoms with Gasteiger partial charge in [-0.3, -0.25) is 9.59 Å². The predicted molar refractivity (Wildman–Crippen MR) is 227 cm³/mol. The summed E-state index contributed by atoms with van der Waals surface area (Å²) in [6, 6.07) is 27.7. The number of phenolic OH excluding ortho intramolecular Hbond substituents is 1. The standard InChI is InChI=1S/C48H53N3O9/c1-29-42(55-4)34(24-37(52)43(29)56-5)23-35(49-3)47(53)51-36(28-59-26-32-19-13-9-14-20-32)38-39(40-41(51)48(54)50(40)25-31-17-11-8-12-18-31)44(57-6)30(2)45(58-7)46(38)60-27-33-21-15-10-16-22-33/h8-22,24,35-36,40-41,49,52H,23,25-28H2,1-7H3/t35-,36?,40+,41-/m0/s1. The van der Waals surface area contributed by atoms with Crippen LogP contribution in [0, 0.1) is 13.8 Å². The zero-order valence-corrected chi connectivity index (χ0v) is 35.2. The summed E-state index contributed by atoms with van der Waals surface area (Å²) in [6.07, 6.45) is 0.120. The molecule has 1 fully saturated rings. The predicted octanol–water partition coefficient (Wildman–Crippen LogP) is 7.01. The lowest BCUT2D eigenvalue weighted by molar-refractivity contribution is -0.176. The Hall–Kier alpha value is -6.24. The molecular weight excluding hydrogens is 763 g/mol. The molecule has 5 aromatic carbocycles. The number of hydrogen-bond acceptors (Lipinski definition) is 10. The zero-order valence-electron chi connectivity index (χ0n) is 35.2. The van der Waals surface area contributed by atoms with Crippen molar-refractivity contribution in [3.05, 3.63) is 142 Å². The highest BCUT2D eigenvalue weighted by molar-refractivity contribution is 5.97. The van der Waals surface area contributed by atoms with Crippen molar-refractivity contribution in [2.45, 2.75) is 64.2 Å². The van der Waals surface area contributed by atoms with E-state index in [1.165, 1.54) is 7.11 Å². The van der Waals surface area contributed by atoms with Gasteiger partial charge in [-0.1, -0.05) is 91.0 Å². The largest absolute Gasteiger partial charge is 0.504 e. The number of β-lactam (4-membered cyclic amide) rings is 1. The third-order valence-corrected chi connectivity index (χ3v) is 11.6. The van der Waals surface area contributed by atoms with Crippen LogP contribution in [0.4, 0.5) is 0 Å². The van der Waals surface area contributed by atoms with Crippen molar-refractivity contribution in [2.75, 3.05) is 42.1 Å². The van der Waals surface area contributed by atoms with Crippen LogP contribution in [0.2, 0.25) is 0 Å². The maximum Gasteiger partial charge on any atom is 0.248 e. The van der Waals surface area contributed by atoms with Crippen LogP contribution in [0.15, 0.2) is 97.1 Å². The van der Waals surface area contributed by atoms with Gasteiger partial charge in [-0.2, -0.15) is 0 Å². The van der Waals surface area contributed by atoms with Gasteiger partial charge in [0.1, 0.15) is 24.1 Å². The molecule has 0 bridgehead atoms. The Morgan fingerprint density at radius 2 is 1.25 bits per heavy atom. The van der Waals surface area contributed by atoms with Crippen LogP contribution < -0.4 is 29.0 Å². The van der Waals surface area contributed by atoms with Crippen molar-refractivity contribution >= 4 is 11.8 Å². The second kappa shape index (κ2) is 18.4. The number of likely N-dealkylation sites (tertiary alicyclic amines) is 1. The van der Waals surface area contributed by atoms with Crippen LogP contribution in [-0.4, -0.2) is 80.9 Å². The van der Waals surface area contributed by atoms with Gasteiger partial charge in [0.05, 0.1) is 59.8 Å². The number of amides is 2. The van der Waals surface area contributed by atoms with E-state index in [0.717, 1.165) is 22.3 Å². The molecule has 1 unspecified atom stereocenters. The van der Waals surface area contributed by atoms with Gasteiger partial charge in [-0.15, -0.1) is 0 Å². The quantitative estimate of drug-likeness (QED) is 0.0948. The first-order chi connectivity index (χ1) is 29.2. The monoisotopic (exact) mass is 815 g/mol. The third kappa shape index (κ3) is 7.80. The molecule has 0 aromatic heterocycles. The molecule has 5 aromatic rings. The van der Waals surface area contributed by atoms with Crippen LogP contribution in [0.1, 0.15) is 56.6 Å². The maximum atomic E-state index is 15.6. The number of ether oxygens (including phenoxy) is 6. The van der Waals surface area contributed by atoms with Gasteiger partial charge in [0.2, 0.25) is 11.8 Å². The first kappa shape index (κ1) is 41.9. The second-order valence-corrected chi connectivity index (χ2v) is 15.0. The van der Waals surface area contributed by atoms with Crippen molar-refractivity contribution < 1.29 is 43.1 Å². The number of phenols is 1. The molecule has 2 aliphatic rings. The average molecular weight is 816 g/mol. The molecule has 1 saturated heterocycles. The first-order valence-corrected chi connectivity index (χ1v) is 20.0. The number of carbonyl (C=O) groups excluding carboxylic acids is 2. The Labute approximate surface area is 351 Å². The van der Waals surface area contributed by atoms with Crippen molar-refractivity contribution in [1.82, 2.24) is 15.1 Å². The van der Waals surface area contributed by atoms with Crippen molar-refractivity contribution in [1.29, 1.82) is 0 Å². The minimum absolute atomic E-state index is 0.0159. The van der Waals surface area contributed by atoms with E-state index >= 15 is 4.79 Å². The summed E-state index contributed by atoms with van der Waals surface area (Å²) in [4.78, 5) is 33.8. The summed E-state index contributed by atoms with van der Waals surface area (Å²) in [5.74, 6) is 1.59. The second-order valence-electron chi connectivity index (χ2n) is 15.0. The first-order valence-electron chi connectivity index (χ1n) is 20.0. The number of benzene rings is 5. The zero-order chi connectivity index (χ0) is 42.5. The Balaban J connectivity index is 1.42. The van der Waals surface area contributed by atoms with Gasteiger partial charge in [0.25, 0.3) is 0 Å². The van der Waals surface area contributed by atoms with E-state index in [9.17, 15) is 9.90 Å². The molecule has 2 heterocycles. The minimum Gasteiger partial charge on any atom is -0.504 e. The molecule has 0 aliphatic carbocycles. The van der Waals surface area contributed by atoms with Gasteiger partial charge in [0.15, 0.2) is 23.0 Å². The fourth-order valence-corrected chi connectivity index (χ4v) is 8.81. The van der Waals surface area contributed by atoms with Gasteiger partial charge in [0, 0.05) is 40.8 Å². The Morgan fingerprint density at radius 3 is 1.82 bits per heavy atom. The SMILES string of the molecule is CN[C@@H](Cc1cc(O)c(OC)c(C)c1OC)C(=O)N1C(COCc2ccccc2)c2c(OCc3ccccc3)c(OC)c(C)c(OC)c2[C@@H]2[C@H]1C(=O)N2Cc1ccccc1. The number of fused-ring (bicyclic) bond motifs is 3. The number of nitrogens with zero attached hydrogens (tertiary/aromatic N) is 2. The highest BCUT2D eigenvalue weighted by Gasteiger charge is 2.61. The van der Waals surface area contributed by atoms with Gasteiger partial charge in [-0.25, -0.2) is 0 Å². The van der Waals surface area contributed by atoms with Crippen LogP contribution >= 0.6 is 0 Å². The number of aromatic hydroxyl groups is 1. The lowest BCUT2D eigenvalue weighted by Gasteiger charge is -2.58. The molecule has 60 heavy (non-hydrogen) atoms. The molecule has 7 rings (SSSR count). The molecule has 2 aliphatic heterocycles. The number of carbonyl (C=O) groups is 2. The smallest absolute Gasteiger partial charge is 0.248 e. The number of hydrogen-bond donors (Lipinski definition) is 2. The van der Waals surface area contributed by atoms with E-state index in [0.29, 0.717) is 51.8 Å². The number of likely N-dealkylation sites (N-methyl/N-ethyl adjacent to an activating group) is 1. The summed E-state index contributed by atoms with van der Waals surface area (Å²) in [6.45, 7) is 4.50. The maximum absolute atomic E-state index is 15.6. The highest BCUT2D eigenvalue weighted by atomic mass is 16.5. The summed E-state index contributed by atoms with van der Waals surface area (Å²) in [5, 5.41) is 14.2. The Morgan fingerprint density at radius 1 is 0.700 bits per heavy atom. The topological polar surface area (TPSA) is 128 Å². The van der Waals surface area contributed by atoms with E-state index in [1.54, 1.807) is 51.2 Å². The van der Waals surface area contributed by atoms with Crippen molar-refractivity contribution in [3.8, 4) is 34.5 Å². The lowest BCUT2D eigenvalue weighted by atomic mass is 9.75. The summed E-state index contributed by atoms with van der Waals surface area (Å²) in [5.41, 5.74) is 6.11. The molecule has 2 N–H and O–H groups in total. The third-order valence-electron chi connectivity index (χ3n) is 11.6. The van der Waals surface area contributed by atoms with Crippen LogP contribution in [0.25, 0.3) is 0 Å². The van der Waals surface area contributed by atoms with Gasteiger partial charge in [-0.05, 0) is 43.7 Å². The number of rotatable bonds is 17. The van der Waals surface area contributed by atoms with Crippen LogP contribution in [0.5, 0.6) is 34.5 Å².